The Labute approximate surface area is 183 Å². The van der Waals surface area contributed by atoms with E-state index in [9.17, 15) is 22.8 Å². The molecule has 30 heavy (non-hydrogen) atoms. The second-order valence-corrected chi connectivity index (χ2v) is 8.18. The van der Waals surface area contributed by atoms with Crippen LogP contribution in [0, 0.1) is 0 Å². The van der Waals surface area contributed by atoms with Crippen molar-refractivity contribution in [3.63, 3.8) is 0 Å². The predicted molar refractivity (Wildman–Crippen MR) is 106 cm³/mol. The molecular weight excluding hydrogens is 489 g/mol. The summed E-state index contributed by atoms with van der Waals surface area (Å²) in [6.07, 6.45) is -5.14. The molecule has 162 valence electrons. The molecule has 1 aliphatic rings. The summed E-state index contributed by atoms with van der Waals surface area (Å²) in [7, 11) is 0. The average Bonchev–Trinajstić information content (AvgIpc) is 3.09. The molecule has 1 aliphatic heterocycles. The van der Waals surface area contributed by atoms with Gasteiger partial charge in [0.05, 0.1) is 19.3 Å². The van der Waals surface area contributed by atoms with Crippen molar-refractivity contribution in [1.82, 2.24) is 10.4 Å². The van der Waals surface area contributed by atoms with Crippen molar-refractivity contribution >= 4 is 39.1 Å². The van der Waals surface area contributed by atoms with E-state index in [1.165, 1.54) is 11.3 Å². The number of hydroxylamine groups is 1. The monoisotopic (exact) mass is 506 g/mol. The smallest absolute Gasteiger partial charge is 0.464 e. The number of carbonyl (C=O) groups is 2. The molecule has 0 saturated carbocycles. The minimum absolute atomic E-state index is 0.0255. The molecule has 0 unspecified atom stereocenters. The van der Waals surface area contributed by atoms with Gasteiger partial charge >= 0.3 is 18.1 Å². The number of thiophene rings is 1. The van der Waals surface area contributed by atoms with Crippen LogP contribution in [0.3, 0.4) is 0 Å². The minimum Gasteiger partial charge on any atom is -0.464 e. The number of carbonyl (C=O) groups excluding carboxylic acids is 2. The average molecular weight is 507 g/mol. The van der Waals surface area contributed by atoms with Crippen molar-refractivity contribution in [2.24, 2.45) is 0 Å². The normalized spacial score (nSPS) is 18.8. The maximum Gasteiger partial charge on any atom is 0.471 e. The first-order valence-corrected chi connectivity index (χ1v) is 10.6. The third kappa shape index (κ3) is 4.85. The highest BCUT2D eigenvalue weighted by Gasteiger charge is 2.51. The molecule has 11 heteroatoms. The summed E-state index contributed by atoms with van der Waals surface area (Å²) < 4.78 is 45.2. The maximum absolute atomic E-state index is 13.3. The zero-order valence-electron chi connectivity index (χ0n) is 15.7. The summed E-state index contributed by atoms with van der Waals surface area (Å²) >= 11 is 4.54. The number of nitrogens with zero attached hydrogens (tertiary/aromatic N) is 1. The molecule has 2 atom stereocenters. The van der Waals surface area contributed by atoms with Crippen LogP contribution in [0.15, 0.2) is 40.2 Å². The van der Waals surface area contributed by atoms with E-state index in [1.54, 1.807) is 12.3 Å². The number of nitrogens with one attached hydrogen (secondary N) is 1. The molecule has 0 spiro atoms. The quantitative estimate of drug-likeness (QED) is 0.467. The molecule has 2 heterocycles. The first-order valence-electron chi connectivity index (χ1n) is 8.96. The Morgan fingerprint density at radius 1 is 1.30 bits per heavy atom. The van der Waals surface area contributed by atoms with Gasteiger partial charge in [0.1, 0.15) is 0 Å². The fraction of sp³-hybridized carbons (Fsp3) is 0.368. The van der Waals surface area contributed by atoms with Gasteiger partial charge in [0.2, 0.25) is 0 Å². The second kappa shape index (κ2) is 9.46. The number of fused-ring (bicyclic) bond motifs is 1. The fourth-order valence-corrected chi connectivity index (χ4v) is 4.99. The third-order valence-electron chi connectivity index (χ3n) is 4.41. The van der Waals surface area contributed by atoms with E-state index in [1.807, 2.05) is 30.3 Å². The highest BCUT2D eigenvalue weighted by Crippen LogP contribution is 2.45. The Balaban J connectivity index is 1.89. The lowest BCUT2D eigenvalue weighted by molar-refractivity contribution is -0.192. The van der Waals surface area contributed by atoms with Gasteiger partial charge < -0.3 is 9.64 Å². The number of hydrogen-bond acceptors (Lipinski definition) is 6. The van der Waals surface area contributed by atoms with Crippen molar-refractivity contribution in [3.05, 3.63) is 56.2 Å². The Kier molecular flexibility index (Phi) is 7.17. The first kappa shape index (κ1) is 22.7. The van der Waals surface area contributed by atoms with Gasteiger partial charge in [0.25, 0.3) is 0 Å². The van der Waals surface area contributed by atoms with Crippen molar-refractivity contribution in [2.75, 3.05) is 13.2 Å². The molecule has 0 aliphatic carbocycles. The summed E-state index contributed by atoms with van der Waals surface area (Å²) in [6.45, 7) is 1.29. The lowest BCUT2D eigenvalue weighted by Crippen LogP contribution is -2.52. The fourth-order valence-electron chi connectivity index (χ4n) is 3.16. The second-order valence-electron chi connectivity index (χ2n) is 6.42. The summed E-state index contributed by atoms with van der Waals surface area (Å²) in [5.74, 6) is -3.03. The van der Waals surface area contributed by atoms with Crippen LogP contribution in [-0.4, -0.2) is 36.1 Å². The highest BCUT2D eigenvalue weighted by atomic mass is 79.9. The van der Waals surface area contributed by atoms with Crippen molar-refractivity contribution in [3.8, 4) is 0 Å². The van der Waals surface area contributed by atoms with Gasteiger partial charge in [-0.25, -0.2) is 4.79 Å². The van der Waals surface area contributed by atoms with E-state index in [0.29, 0.717) is 14.2 Å². The van der Waals surface area contributed by atoms with E-state index in [-0.39, 0.29) is 18.8 Å². The summed E-state index contributed by atoms with van der Waals surface area (Å²) in [5, 5.41) is 1.66. The molecule has 0 bridgehead atoms. The Morgan fingerprint density at radius 2 is 2.00 bits per heavy atom. The number of halogens is 4. The molecule has 1 aromatic heterocycles. The minimum atomic E-state index is -5.14. The topological polar surface area (TPSA) is 67.9 Å². The Hall–Kier alpha value is -1.95. The number of hydrogen-bond donors (Lipinski definition) is 1. The zero-order valence-corrected chi connectivity index (χ0v) is 18.1. The van der Waals surface area contributed by atoms with Crippen LogP contribution < -0.4 is 5.48 Å². The van der Waals surface area contributed by atoms with Crippen LogP contribution in [0.25, 0.3) is 0 Å². The zero-order chi connectivity index (χ0) is 21.9. The molecule has 3 rings (SSSR count). The lowest BCUT2D eigenvalue weighted by atomic mass is 9.97. The van der Waals surface area contributed by atoms with Gasteiger partial charge in [-0.05, 0) is 28.4 Å². The number of rotatable bonds is 6. The molecule has 1 amide bonds. The highest BCUT2D eigenvalue weighted by molar-refractivity contribution is 9.10. The Morgan fingerprint density at radius 3 is 2.63 bits per heavy atom. The van der Waals surface area contributed by atoms with Gasteiger partial charge in [0, 0.05) is 26.8 Å². The van der Waals surface area contributed by atoms with Gasteiger partial charge in [-0.3, -0.25) is 9.63 Å². The van der Waals surface area contributed by atoms with Crippen LogP contribution in [0.1, 0.15) is 35.0 Å². The van der Waals surface area contributed by atoms with Crippen LogP contribution in [0.4, 0.5) is 13.2 Å². The SMILES string of the molecule is CCOC(=O)[C@H]1c2c(Br)csc2[C@H](NOCc2ccccc2)CN1C(=O)C(F)(F)F. The molecule has 0 fully saturated rings. The largest absolute Gasteiger partial charge is 0.471 e. The number of ether oxygens (including phenoxy) is 1. The van der Waals surface area contributed by atoms with Crippen molar-refractivity contribution in [2.45, 2.75) is 31.8 Å². The van der Waals surface area contributed by atoms with Gasteiger partial charge in [-0.15, -0.1) is 11.3 Å². The summed E-state index contributed by atoms with van der Waals surface area (Å²) in [4.78, 5) is 31.2. The predicted octanol–water partition coefficient (Wildman–Crippen LogP) is 4.28. The summed E-state index contributed by atoms with van der Waals surface area (Å²) in [5.41, 5.74) is 3.87. The van der Waals surface area contributed by atoms with E-state index < -0.39 is 36.7 Å². The van der Waals surface area contributed by atoms with Crippen LogP contribution >= 0.6 is 27.3 Å². The van der Waals surface area contributed by atoms with E-state index >= 15 is 0 Å². The molecule has 1 aromatic carbocycles. The number of benzene rings is 1. The molecule has 0 saturated heterocycles. The molecule has 6 nitrogen and oxygen atoms in total. The number of esters is 1. The number of alkyl halides is 3. The van der Waals surface area contributed by atoms with E-state index in [4.69, 9.17) is 9.57 Å². The molecular formula is C19H18BrF3N2O4S. The van der Waals surface area contributed by atoms with Gasteiger partial charge in [0.15, 0.2) is 6.04 Å². The van der Waals surface area contributed by atoms with Crippen LogP contribution in [-0.2, 0) is 25.8 Å². The third-order valence-corrected chi connectivity index (χ3v) is 6.48. The first-order chi connectivity index (χ1) is 14.2. The maximum atomic E-state index is 13.3. The van der Waals surface area contributed by atoms with E-state index in [0.717, 1.165) is 5.56 Å². The van der Waals surface area contributed by atoms with Gasteiger partial charge in [-0.1, -0.05) is 30.3 Å². The molecule has 1 N–H and O–H groups in total. The van der Waals surface area contributed by atoms with E-state index in [2.05, 4.69) is 21.4 Å². The van der Waals surface area contributed by atoms with Crippen molar-refractivity contribution in [1.29, 1.82) is 0 Å². The van der Waals surface area contributed by atoms with Crippen LogP contribution in [0.5, 0.6) is 0 Å². The molecule has 0 radical (unpaired) electrons. The summed E-state index contributed by atoms with van der Waals surface area (Å²) in [6, 6.07) is 6.95. The number of amides is 1. The molecule has 2 aromatic rings. The van der Waals surface area contributed by atoms with Gasteiger partial charge in [-0.2, -0.15) is 18.7 Å². The van der Waals surface area contributed by atoms with Crippen molar-refractivity contribution < 1.29 is 32.3 Å². The standard InChI is InChI=1S/C19H18BrF3N2O4S/c1-2-28-17(26)15-14-12(20)10-30-16(14)13(8-25(15)18(27)19(21,22)23)24-29-9-11-6-4-3-5-7-11/h3-7,10,13,15,24H,2,8-9H2,1H3/t13-,15-/m1/s1. The Bertz CT molecular complexity index is 907. The lowest BCUT2D eigenvalue weighted by Gasteiger charge is -2.38. The van der Waals surface area contributed by atoms with Crippen LogP contribution in [0.2, 0.25) is 0 Å².